The number of carbonyl (C=O) groups is 2. The second kappa shape index (κ2) is 9.58. The van der Waals surface area contributed by atoms with Crippen LogP contribution in [0.25, 0.3) is 0 Å². The van der Waals surface area contributed by atoms with Crippen molar-refractivity contribution in [1.82, 2.24) is 9.71 Å². The highest BCUT2D eigenvalue weighted by Crippen LogP contribution is 2.22. The summed E-state index contributed by atoms with van der Waals surface area (Å²) >= 11 is 0. The van der Waals surface area contributed by atoms with Crippen molar-refractivity contribution >= 4 is 27.5 Å². The molecule has 0 aliphatic carbocycles. The number of benzene rings is 2. The SMILES string of the molecule is CC(C)NS(=O)(=O)c1cccc(C(=O)Nc2ccc(Oc3cccc(C(N)=O)c3)nc2)c1. The number of carbonyl (C=O) groups excluding carboxylic acids is 2. The molecule has 0 spiro atoms. The molecule has 0 unspecified atom stereocenters. The molecule has 0 saturated heterocycles. The van der Waals surface area contributed by atoms with Gasteiger partial charge in [-0.1, -0.05) is 12.1 Å². The average Bonchev–Trinajstić information content (AvgIpc) is 2.74. The van der Waals surface area contributed by atoms with Crippen LogP contribution in [-0.2, 0) is 10.0 Å². The van der Waals surface area contributed by atoms with Crippen molar-refractivity contribution in [2.45, 2.75) is 24.8 Å². The normalized spacial score (nSPS) is 11.2. The third-order valence-corrected chi connectivity index (χ3v) is 5.79. The van der Waals surface area contributed by atoms with Crippen LogP contribution in [-0.4, -0.2) is 31.3 Å². The van der Waals surface area contributed by atoms with E-state index in [1.54, 1.807) is 44.2 Å². The first-order valence-electron chi connectivity index (χ1n) is 9.61. The van der Waals surface area contributed by atoms with Crippen molar-refractivity contribution < 1.29 is 22.7 Å². The zero-order valence-corrected chi connectivity index (χ0v) is 18.2. The van der Waals surface area contributed by atoms with Gasteiger partial charge in [0.2, 0.25) is 21.8 Å². The molecule has 0 saturated carbocycles. The summed E-state index contributed by atoms with van der Waals surface area (Å²) in [5.74, 6) is -0.425. The fourth-order valence-corrected chi connectivity index (χ4v) is 4.03. The van der Waals surface area contributed by atoms with E-state index in [1.807, 2.05) is 0 Å². The molecule has 0 atom stereocenters. The van der Waals surface area contributed by atoms with Crippen LogP contribution < -0.4 is 20.5 Å². The Morgan fingerprint density at radius 2 is 1.72 bits per heavy atom. The van der Waals surface area contributed by atoms with Crippen LogP contribution in [0.4, 0.5) is 5.69 Å². The fraction of sp³-hybridized carbons (Fsp3) is 0.136. The first-order valence-corrected chi connectivity index (χ1v) is 11.1. The van der Waals surface area contributed by atoms with E-state index in [9.17, 15) is 18.0 Å². The van der Waals surface area contributed by atoms with Gasteiger partial charge in [0, 0.05) is 23.2 Å². The highest BCUT2D eigenvalue weighted by molar-refractivity contribution is 7.89. The Bertz CT molecular complexity index is 1240. The Labute approximate surface area is 185 Å². The summed E-state index contributed by atoms with van der Waals surface area (Å²) in [6.45, 7) is 3.42. The summed E-state index contributed by atoms with van der Waals surface area (Å²) in [6, 6.07) is 14.9. The van der Waals surface area contributed by atoms with Gasteiger partial charge in [-0.05, 0) is 56.3 Å². The summed E-state index contributed by atoms with van der Waals surface area (Å²) in [5, 5.41) is 2.66. The Kier molecular flexibility index (Phi) is 6.86. The lowest BCUT2D eigenvalue weighted by Crippen LogP contribution is -2.30. The predicted octanol–water partition coefficient (Wildman–Crippen LogP) is 2.91. The second-order valence-corrected chi connectivity index (χ2v) is 8.85. The van der Waals surface area contributed by atoms with Gasteiger partial charge in [0.05, 0.1) is 16.8 Å². The van der Waals surface area contributed by atoms with Crippen LogP contribution in [0, 0.1) is 0 Å². The van der Waals surface area contributed by atoms with Gasteiger partial charge in [-0.15, -0.1) is 0 Å². The summed E-state index contributed by atoms with van der Waals surface area (Å²) in [6.07, 6.45) is 1.39. The first kappa shape index (κ1) is 22.9. The third kappa shape index (κ3) is 5.90. The number of primary amides is 1. The van der Waals surface area contributed by atoms with Crippen LogP contribution in [0.5, 0.6) is 11.6 Å². The van der Waals surface area contributed by atoms with E-state index in [1.165, 1.54) is 36.5 Å². The van der Waals surface area contributed by atoms with E-state index in [2.05, 4.69) is 15.0 Å². The monoisotopic (exact) mass is 454 g/mol. The van der Waals surface area contributed by atoms with E-state index in [-0.39, 0.29) is 22.4 Å². The van der Waals surface area contributed by atoms with Crippen molar-refractivity contribution in [2.75, 3.05) is 5.32 Å². The van der Waals surface area contributed by atoms with Crippen LogP contribution in [0.2, 0.25) is 0 Å². The molecule has 0 bridgehead atoms. The highest BCUT2D eigenvalue weighted by Gasteiger charge is 2.17. The lowest BCUT2D eigenvalue weighted by atomic mass is 10.2. The molecule has 2 aromatic carbocycles. The Morgan fingerprint density at radius 1 is 1.00 bits per heavy atom. The molecule has 9 nitrogen and oxygen atoms in total. The van der Waals surface area contributed by atoms with Gasteiger partial charge in [0.15, 0.2) is 0 Å². The van der Waals surface area contributed by atoms with Gasteiger partial charge >= 0.3 is 0 Å². The molecular weight excluding hydrogens is 432 g/mol. The van der Waals surface area contributed by atoms with Crippen molar-refractivity contribution in [3.8, 4) is 11.6 Å². The zero-order chi connectivity index (χ0) is 23.3. The molecule has 1 heterocycles. The van der Waals surface area contributed by atoms with E-state index >= 15 is 0 Å². The molecule has 10 heteroatoms. The summed E-state index contributed by atoms with van der Waals surface area (Å²) in [7, 11) is -3.72. The molecule has 32 heavy (non-hydrogen) atoms. The topological polar surface area (TPSA) is 140 Å². The average molecular weight is 455 g/mol. The molecule has 0 aliphatic rings. The van der Waals surface area contributed by atoms with Crippen LogP contribution in [0.1, 0.15) is 34.6 Å². The quantitative estimate of drug-likeness (QED) is 0.478. The van der Waals surface area contributed by atoms with Crippen LogP contribution in [0.3, 0.4) is 0 Å². The maximum absolute atomic E-state index is 12.6. The standard InChI is InChI=1S/C22H22N4O5S/c1-14(2)26-32(29,30)19-8-4-6-16(12-19)22(28)25-17-9-10-20(24-13-17)31-18-7-3-5-15(11-18)21(23)27/h3-14,26H,1-2H3,(H2,23,27)(H,25,28). The molecule has 0 radical (unpaired) electrons. The molecule has 0 fully saturated rings. The highest BCUT2D eigenvalue weighted by atomic mass is 32.2. The predicted molar refractivity (Wildman–Crippen MR) is 119 cm³/mol. The van der Waals surface area contributed by atoms with Gasteiger partial charge < -0.3 is 15.8 Å². The van der Waals surface area contributed by atoms with Crippen molar-refractivity contribution in [1.29, 1.82) is 0 Å². The molecule has 0 aliphatic heterocycles. The molecule has 3 aromatic rings. The summed E-state index contributed by atoms with van der Waals surface area (Å²) < 4.78 is 32.7. The molecule has 1 aromatic heterocycles. The first-order chi connectivity index (χ1) is 15.1. The number of aromatic nitrogens is 1. The minimum Gasteiger partial charge on any atom is -0.439 e. The lowest BCUT2D eigenvalue weighted by molar-refractivity contribution is 0.0997. The minimum atomic E-state index is -3.72. The van der Waals surface area contributed by atoms with Gasteiger partial charge in [-0.3, -0.25) is 9.59 Å². The third-order valence-electron chi connectivity index (χ3n) is 4.13. The fourth-order valence-electron chi connectivity index (χ4n) is 2.73. The smallest absolute Gasteiger partial charge is 0.255 e. The van der Waals surface area contributed by atoms with Crippen molar-refractivity contribution in [3.63, 3.8) is 0 Å². The number of anilines is 1. The maximum Gasteiger partial charge on any atom is 0.255 e. The zero-order valence-electron chi connectivity index (χ0n) is 17.4. The number of nitrogens with two attached hydrogens (primary N) is 1. The van der Waals surface area contributed by atoms with Gasteiger partial charge in [-0.25, -0.2) is 18.1 Å². The van der Waals surface area contributed by atoms with Crippen LogP contribution >= 0.6 is 0 Å². The number of hydrogen-bond donors (Lipinski definition) is 3. The number of ether oxygens (including phenoxy) is 1. The van der Waals surface area contributed by atoms with Crippen molar-refractivity contribution in [2.24, 2.45) is 5.73 Å². The Hall–Kier alpha value is -3.76. The molecule has 166 valence electrons. The van der Waals surface area contributed by atoms with Crippen molar-refractivity contribution in [3.05, 3.63) is 78.0 Å². The Morgan fingerprint density at radius 3 is 2.38 bits per heavy atom. The summed E-state index contributed by atoms with van der Waals surface area (Å²) in [4.78, 5) is 28.0. The lowest BCUT2D eigenvalue weighted by Gasteiger charge is -2.11. The van der Waals surface area contributed by atoms with E-state index in [0.717, 1.165) is 0 Å². The Balaban J connectivity index is 1.69. The molecule has 2 amide bonds. The molecule has 3 rings (SSSR count). The number of rotatable bonds is 8. The number of nitrogens with one attached hydrogen (secondary N) is 2. The van der Waals surface area contributed by atoms with Gasteiger partial charge in [-0.2, -0.15) is 0 Å². The molecule has 4 N–H and O–H groups in total. The van der Waals surface area contributed by atoms with E-state index in [4.69, 9.17) is 10.5 Å². The van der Waals surface area contributed by atoms with Crippen LogP contribution in [0.15, 0.2) is 71.8 Å². The summed E-state index contributed by atoms with van der Waals surface area (Å²) in [5.41, 5.74) is 6.13. The minimum absolute atomic E-state index is 0.00101. The number of sulfonamides is 1. The van der Waals surface area contributed by atoms with Gasteiger partial charge in [0.1, 0.15) is 5.75 Å². The number of pyridine rings is 1. The maximum atomic E-state index is 12.6. The second-order valence-electron chi connectivity index (χ2n) is 7.14. The largest absolute Gasteiger partial charge is 0.439 e. The number of amides is 2. The van der Waals surface area contributed by atoms with Gasteiger partial charge in [0.25, 0.3) is 5.91 Å². The number of hydrogen-bond acceptors (Lipinski definition) is 6. The van der Waals surface area contributed by atoms with E-state index in [0.29, 0.717) is 17.0 Å². The number of nitrogens with zero attached hydrogens (tertiary/aromatic N) is 1. The van der Waals surface area contributed by atoms with E-state index < -0.39 is 21.8 Å². The molecular formula is C22H22N4O5S.